The Morgan fingerprint density at radius 3 is 2.62 bits per heavy atom. The third kappa shape index (κ3) is 5.08. The van der Waals surface area contributed by atoms with Gasteiger partial charge in [-0.15, -0.1) is 0 Å². The van der Waals surface area contributed by atoms with Crippen LogP contribution in [0.1, 0.15) is 51.2 Å². The highest BCUT2D eigenvalue weighted by atomic mass is 19.1. The molecule has 1 aliphatic rings. The highest BCUT2D eigenvalue weighted by Crippen LogP contribution is 2.30. The van der Waals surface area contributed by atoms with Crippen molar-refractivity contribution >= 4 is 0 Å². The van der Waals surface area contributed by atoms with Crippen LogP contribution in [0.15, 0.2) is 18.2 Å². The first-order chi connectivity index (χ1) is 10.00. The minimum atomic E-state index is -0.0703. The minimum absolute atomic E-state index is 0.0703. The van der Waals surface area contributed by atoms with E-state index in [2.05, 4.69) is 31.0 Å². The van der Waals surface area contributed by atoms with Gasteiger partial charge in [0.25, 0.3) is 0 Å². The topological polar surface area (TPSA) is 15.3 Å². The Hall–Kier alpha value is -0.930. The van der Waals surface area contributed by atoms with E-state index in [0.717, 1.165) is 44.7 Å². The van der Waals surface area contributed by atoms with Crippen LogP contribution in [0.2, 0.25) is 0 Å². The number of hydrogen-bond acceptors (Lipinski definition) is 2. The van der Waals surface area contributed by atoms with Gasteiger partial charge in [-0.05, 0) is 55.9 Å². The molecule has 1 heterocycles. The summed E-state index contributed by atoms with van der Waals surface area (Å²) in [5.74, 6) is -0.0703. The first-order valence-corrected chi connectivity index (χ1v) is 8.20. The molecule has 118 valence electrons. The third-order valence-electron chi connectivity index (χ3n) is 4.47. The average molecular weight is 292 g/mol. The zero-order valence-corrected chi connectivity index (χ0v) is 13.7. The summed E-state index contributed by atoms with van der Waals surface area (Å²) in [5, 5.41) is 3.38. The Labute approximate surface area is 128 Å². The number of halogens is 1. The van der Waals surface area contributed by atoms with Crippen LogP contribution in [-0.2, 0) is 13.1 Å². The molecule has 1 aromatic rings. The molecule has 0 radical (unpaired) electrons. The van der Waals surface area contributed by atoms with Crippen molar-refractivity contribution in [2.75, 3.05) is 19.6 Å². The molecule has 0 saturated carbocycles. The first kappa shape index (κ1) is 16.4. The highest BCUT2D eigenvalue weighted by molar-refractivity contribution is 5.25. The van der Waals surface area contributed by atoms with Gasteiger partial charge in [-0.2, -0.15) is 0 Å². The van der Waals surface area contributed by atoms with Crippen LogP contribution in [-0.4, -0.2) is 24.5 Å². The van der Waals surface area contributed by atoms with Gasteiger partial charge in [-0.3, -0.25) is 4.90 Å². The van der Waals surface area contributed by atoms with E-state index in [-0.39, 0.29) is 5.82 Å². The quantitative estimate of drug-likeness (QED) is 0.799. The van der Waals surface area contributed by atoms with Crippen molar-refractivity contribution in [3.63, 3.8) is 0 Å². The highest BCUT2D eigenvalue weighted by Gasteiger charge is 2.25. The van der Waals surface area contributed by atoms with Crippen molar-refractivity contribution in [2.24, 2.45) is 5.41 Å². The Kier molecular flexibility index (Phi) is 5.77. The van der Waals surface area contributed by atoms with Crippen LogP contribution < -0.4 is 5.32 Å². The lowest BCUT2D eigenvalue weighted by Gasteiger charge is -2.37. The Balaban J connectivity index is 1.94. The molecular weight excluding hydrogens is 263 g/mol. The van der Waals surface area contributed by atoms with Crippen LogP contribution in [0.25, 0.3) is 0 Å². The van der Waals surface area contributed by atoms with Gasteiger partial charge in [0, 0.05) is 18.7 Å². The van der Waals surface area contributed by atoms with E-state index >= 15 is 0 Å². The van der Waals surface area contributed by atoms with Crippen molar-refractivity contribution in [1.29, 1.82) is 0 Å². The van der Waals surface area contributed by atoms with E-state index in [1.54, 1.807) is 6.07 Å². The van der Waals surface area contributed by atoms with Crippen molar-refractivity contribution in [3.8, 4) is 0 Å². The zero-order valence-electron chi connectivity index (χ0n) is 13.7. The van der Waals surface area contributed by atoms with Gasteiger partial charge in [0.1, 0.15) is 5.82 Å². The second-order valence-electron chi connectivity index (χ2n) is 7.04. The fourth-order valence-electron chi connectivity index (χ4n) is 2.83. The SMILES string of the molecule is CCCNCc1ccc(F)c(CN2CCC(C)(C)CC2)c1. The largest absolute Gasteiger partial charge is 0.313 e. The number of nitrogens with zero attached hydrogens (tertiary/aromatic N) is 1. The number of benzene rings is 1. The molecule has 3 heteroatoms. The normalized spacial score (nSPS) is 18.9. The Morgan fingerprint density at radius 2 is 1.95 bits per heavy atom. The number of nitrogens with one attached hydrogen (secondary N) is 1. The molecule has 21 heavy (non-hydrogen) atoms. The molecule has 1 aliphatic heterocycles. The molecular formula is C18H29FN2. The lowest BCUT2D eigenvalue weighted by Crippen LogP contribution is -2.37. The Bertz CT molecular complexity index is 447. The lowest BCUT2D eigenvalue weighted by atomic mass is 9.82. The molecule has 1 saturated heterocycles. The van der Waals surface area contributed by atoms with E-state index in [1.807, 2.05) is 12.1 Å². The summed E-state index contributed by atoms with van der Waals surface area (Å²) >= 11 is 0. The van der Waals surface area contributed by atoms with Crippen LogP contribution in [0.4, 0.5) is 4.39 Å². The number of rotatable bonds is 6. The minimum Gasteiger partial charge on any atom is -0.313 e. The zero-order chi connectivity index (χ0) is 15.3. The molecule has 0 aromatic heterocycles. The summed E-state index contributed by atoms with van der Waals surface area (Å²) in [7, 11) is 0. The van der Waals surface area contributed by atoms with Crippen molar-refractivity contribution < 1.29 is 4.39 Å². The Morgan fingerprint density at radius 1 is 1.24 bits per heavy atom. The van der Waals surface area contributed by atoms with Gasteiger partial charge in [0.05, 0.1) is 0 Å². The summed E-state index contributed by atoms with van der Waals surface area (Å²) in [6.07, 6.45) is 3.52. The average Bonchev–Trinajstić information content (AvgIpc) is 2.45. The lowest BCUT2D eigenvalue weighted by molar-refractivity contribution is 0.126. The maximum absolute atomic E-state index is 14.0. The standard InChI is InChI=1S/C18H29FN2/c1-4-9-20-13-15-5-6-17(19)16(12-15)14-21-10-7-18(2,3)8-11-21/h5-6,12,20H,4,7-11,13-14H2,1-3H3. The van der Waals surface area contributed by atoms with Crippen LogP contribution in [0.3, 0.4) is 0 Å². The molecule has 1 N–H and O–H groups in total. The van der Waals surface area contributed by atoms with E-state index in [0.29, 0.717) is 5.41 Å². The maximum atomic E-state index is 14.0. The fraction of sp³-hybridized carbons (Fsp3) is 0.667. The first-order valence-electron chi connectivity index (χ1n) is 8.20. The maximum Gasteiger partial charge on any atom is 0.127 e. The van der Waals surface area contributed by atoms with Crippen molar-refractivity contribution in [3.05, 3.63) is 35.1 Å². The van der Waals surface area contributed by atoms with Gasteiger partial charge < -0.3 is 5.32 Å². The van der Waals surface area contributed by atoms with Gasteiger partial charge in [-0.25, -0.2) is 4.39 Å². The smallest absolute Gasteiger partial charge is 0.127 e. The predicted molar refractivity (Wildman–Crippen MR) is 86.7 cm³/mol. The molecule has 1 aromatic carbocycles. The second-order valence-corrected chi connectivity index (χ2v) is 7.04. The van der Waals surface area contributed by atoms with Crippen LogP contribution in [0.5, 0.6) is 0 Å². The summed E-state index contributed by atoms with van der Waals surface area (Å²) in [6, 6.07) is 5.53. The number of piperidine rings is 1. The predicted octanol–water partition coefficient (Wildman–Crippen LogP) is 3.95. The summed E-state index contributed by atoms with van der Waals surface area (Å²) in [4.78, 5) is 2.38. The number of hydrogen-bond donors (Lipinski definition) is 1. The van der Waals surface area contributed by atoms with Crippen molar-refractivity contribution in [2.45, 2.75) is 53.1 Å². The van der Waals surface area contributed by atoms with E-state index in [4.69, 9.17) is 0 Å². The molecule has 0 unspecified atom stereocenters. The van der Waals surface area contributed by atoms with Gasteiger partial charge in [-0.1, -0.05) is 32.9 Å². The third-order valence-corrected chi connectivity index (χ3v) is 4.47. The molecule has 0 bridgehead atoms. The van der Waals surface area contributed by atoms with E-state index in [9.17, 15) is 4.39 Å². The molecule has 2 rings (SSSR count). The monoisotopic (exact) mass is 292 g/mol. The molecule has 1 fully saturated rings. The summed E-state index contributed by atoms with van der Waals surface area (Å²) in [6.45, 7) is 11.5. The molecule has 0 atom stereocenters. The van der Waals surface area contributed by atoms with Crippen LogP contribution in [0, 0.1) is 11.2 Å². The van der Waals surface area contributed by atoms with Gasteiger partial charge in [0.15, 0.2) is 0 Å². The van der Waals surface area contributed by atoms with Gasteiger partial charge in [0.2, 0.25) is 0 Å². The summed E-state index contributed by atoms with van der Waals surface area (Å²) in [5.41, 5.74) is 2.46. The van der Waals surface area contributed by atoms with Gasteiger partial charge >= 0.3 is 0 Å². The second kappa shape index (κ2) is 7.37. The van der Waals surface area contributed by atoms with E-state index in [1.165, 1.54) is 18.4 Å². The van der Waals surface area contributed by atoms with E-state index < -0.39 is 0 Å². The molecule has 2 nitrogen and oxygen atoms in total. The fourth-order valence-corrected chi connectivity index (χ4v) is 2.83. The summed E-state index contributed by atoms with van der Waals surface area (Å²) < 4.78 is 14.0. The van der Waals surface area contributed by atoms with Crippen molar-refractivity contribution in [1.82, 2.24) is 10.2 Å². The molecule has 0 aliphatic carbocycles. The molecule has 0 spiro atoms. The molecule has 0 amide bonds. The number of likely N-dealkylation sites (tertiary alicyclic amines) is 1. The van der Waals surface area contributed by atoms with Crippen LogP contribution >= 0.6 is 0 Å².